The number of alkyl carbamates (subject to hydrolysis) is 1. The van der Waals surface area contributed by atoms with E-state index in [0.717, 1.165) is 97.8 Å². The fourth-order valence-electron chi connectivity index (χ4n) is 8.48. The number of nitrogens with one attached hydrogen (secondary N) is 1. The van der Waals surface area contributed by atoms with Gasteiger partial charge < -0.3 is 19.9 Å². The number of aryl methyl sites for hydroxylation is 1. The molecule has 4 aliphatic rings. The second-order valence-corrected chi connectivity index (χ2v) is 17.2. The summed E-state index contributed by atoms with van der Waals surface area (Å²) in [5.74, 6) is 1.89. The minimum Gasteiger partial charge on any atom is -0.496 e. The van der Waals surface area contributed by atoms with Crippen molar-refractivity contribution in [3.8, 4) is 16.2 Å². The van der Waals surface area contributed by atoms with Gasteiger partial charge in [0.05, 0.1) is 22.6 Å². The highest BCUT2D eigenvalue weighted by atomic mass is 32.1. The minimum atomic E-state index is -0.846. The van der Waals surface area contributed by atoms with Crippen molar-refractivity contribution >= 4 is 29.2 Å². The van der Waals surface area contributed by atoms with Gasteiger partial charge in [0.2, 0.25) is 5.91 Å². The summed E-state index contributed by atoms with van der Waals surface area (Å²) < 4.78 is 11.0. The van der Waals surface area contributed by atoms with E-state index < -0.39 is 11.7 Å². The maximum absolute atomic E-state index is 14.4. The van der Waals surface area contributed by atoms with Gasteiger partial charge in [0, 0.05) is 37.3 Å². The highest BCUT2D eigenvalue weighted by molar-refractivity contribution is 7.15. The first-order valence-corrected chi connectivity index (χ1v) is 19.7. The Balaban J connectivity index is 1.16. The predicted molar refractivity (Wildman–Crippen MR) is 202 cm³/mol. The number of carbonyl (C=O) groups is 2. The van der Waals surface area contributed by atoms with Crippen molar-refractivity contribution in [2.75, 3.05) is 31.7 Å². The Labute approximate surface area is 307 Å². The van der Waals surface area contributed by atoms with Crippen LogP contribution in [0.25, 0.3) is 10.4 Å². The standard InChI is InChI=1S/C41H56N4O5S/c1-28-23-32(11-12-33(28)49-5)41-17-14-40(15-18-41,16-19-41)27-45(37(46)30-9-7-6-8-10-30)35-24-31(13-21-42-35)34-25-44-36(51-34)29(2)26-50-38(47)43-22-20-39(3,4)48/h11-13,21,23-25,29-30,48H,6-10,14-20,22,26-27H2,1-5H3,(H,43,47). The normalized spacial score (nSPS) is 22.7. The largest absolute Gasteiger partial charge is 0.496 e. The molecule has 2 N–H and O–H groups in total. The molecule has 2 heterocycles. The third-order valence-corrected chi connectivity index (χ3v) is 13.1. The predicted octanol–water partition coefficient (Wildman–Crippen LogP) is 8.72. The maximum atomic E-state index is 14.4. The Hall–Kier alpha value is -3.50. The van der Waals surface area contributed by atoms with E-state index in [0.29, 0.717) is 13.0 Å². The van der Waals surface area contributed by atoms with E-state index in [1.807, 2.05) is 25.4 Å². The zero-order chi connectivity index (χ0) is 36.2. The van der Waals surface area contributed by atoms with E-state index in [4.69, 9.17) is 14.5 Å². The molecule has 0 aliphatic heterocycles. The number of hydrogen-bond donors (Lipinski definition) is 2. The van der Waals surface area contributed by atoms with Crippen LogP contribution in [0, 0.1) is 18.3 Å². The van der Waals surface area contributed by atoms with Crippen molar-refractivity contribution in [2.45, 2.75) is 122 Å². The number of aliphatic hydroxyl groups is 1. The SMILES string of the molecule is COc1ccc(C23CCC(CN(C(=O)C4CCCCC4)c4cc(-c5cnc(C(C)COC(=O)NCCC(C)(C)O)s5)ccn4)(CC2)CC3)cc1C. The van der Waals surface area contributed by atoms with Gasteiger partial charge in [-0.3, -0.25) is 9.69 Å². The van der Waals surface area contributed by atoms with Crippen LogP contribution in [0.3, 0.4) is 0 Å². The van der Waals surface area contributed by atoms with E-state index in [1.165, 1.54) is 17.5 Å². The van der Waals surface area contributed by atoms with Gasteiger partial charge in [0.1, 0.15) is 18.2 Å². The molecule has 10 heteroatoms. The Morgan fingerprint density at radius 2 is 1.78 bits per heavy atom. The third kappa shape index (κ3) is 8.76. The summed E-state index contributed by atoms with van der Waals surface area (Å²) in [5, 5.41) is 13.4. The van der Waals surface area contributed by atoms with Crippen molar-refractivity contribution in [3.63, 3.8) is 0 Å². The lowest BCUT2D eigenvalue weighted by Gasteiger charge is -2.55. The average molecular weight is 717 g/mol. The molecule has 0 saturated heterocycles. The van der Waals surface area contributed by atoms with Crippen LogP contribution in [0.15, 0.2) is 42.7 Å². The van der Waals surface area contributed by atoms with Gasteiger partial charge in [-0.2, -0.15) is 0 Å². The molecule has 4 aliphatic carbocycles. The first-order valence-electron chi connectivity index (χ1n) is 18.9. The topological polar surface area (TPSA) is 114 Å². The molecule has 1 atom stereocenters. The lowest BCUT2D eigenvalue weighted by atomic mass is 9.51. The van der Waals surface area contributed by atoms with Gasteiger partial charge in [0.15, 0.2) is 0 Å². The van der Waals surface area contributed by atoms with Crippen LogP contribution in [-0.4, -0.2) is 59.5 Å². The molecule has 7 rings (SSSR count). The zero-order valence-corrected chi connectivity index (χ0v) is 31.9. The van der Waals surface area contributed by atoms with E-state index in [9.17, 15) is 14.7 Å². The fourth-order valence-corrected chi connectivity index (χ4v) is 9.43. The number of fused-ring (bicyclic) bond motifs is 3. The molecule has 0 radical (unpaired) electrons. The Morgan fingerprint density at radius 1 is 1.06 bits per heavy atom. The van der Waals surface area contributed by atoms with E-state index >= 15 is 0 Å². The molecule has 1 unspecified atom stereocenters. The van der Waals surface area contributed by atoms with Gasteiger partial charge in [-0.05, 0) is 124 Å². The van der Waals surface area contributed by atoms with Crippen LogP contribution in [0.4, 0.5) is 10.6 Å². The molecule has 2 aromatic heterocycles. The number of nitrogens with zero attached hydrogens (tertiary/aromatic N) is 3. The number of pyridine rings is 1. The van der Waals surface area contributed by atoms with Crippen LogP contribution in [0.1, 0.15) is 120 Å². The molecule has 4 fully saturated rings. The van der Waals surface area contributed by atoms with E-state index in [-0.39, 0.29) is 35.2 Å². The smallest absolute Gasteiger partial charge is 0.407 e. The van der Waals surface area contributed by atoms with Crippen molar-refractivity contribution in [1.29, 1.82) is 0 Å². The van der Waals surface area contributed by atoms with Crippen LogP contribution in [-0.2, 0) is 14.9 Å². The highest BCUT2D eigenvalue weighted by Gasteiger charge is 2.50. The molecule has 0 spiro atoms. The molecule has 1 aromatic carbocycles. The van der Waals surface area contributed by atoms with Crippen molar-refractivity contribution in [3.05, 3.63) is 58.9 Å². The van der Waals surface area contributed by atoms with Crippen LogP contribution < -0.4 is 15.0 Å². The first-order chi connectivity index (χ1) is 24.4. The number of aromatic nitrogens is 2. The number of rotatable bonds is 13. The maximum Gasteiger partial charge on any atom is 0.407 e. The summed E-state index contributed by atoms with van der Waals surface area (Å²) in [4.78, 5) is 39.2. The molecular formula is C41H56N4O5S. The van der Waals surface area contributed by atoms with E-state index in [2.05, 4.69) is 46.4 Å². The molecule has 276 valence electrons. The van der Waals surface area contributed by atoms with Crippen LogP contribution in [0.2, 0.25) is 0 Å². The van der Waals surface area contributed by atoms with E-state index in [1.54, 1.807) is 32.3 Å². The molecule has 3 aromatic rings. The van der Waals surface area contributed by atoms with Crippen molar-refractivity contribution < 1.29 is 24.2 Å². The highest BCUT2D eigenvalue weighted by Crippen LogP contribution is 2.58. The first kappa shape index (κ1) is 37.3. The molecular weight excluding hydrogens is 661 g/mol. The lowest BCUT2D eigenvalue weighted by Crippen LogP contribution is -2.51. The molecule has 4 saturated carbocycles. The number of benzene rings is 1. The van der Waals surface area contributed by atoms with Gasteiger partial charge in [-0.15, -0.1) is 11.3 Å². The second kappa shape index (κ2) is 15.6. The Morgan fingerprint density at radius 3 is 2.45 bits per heavy atom. The summed E-state index contributed by atoms with van der Waals surface area (Å²) in [5.41, 5.74) is 3.08. The fraction of sp³-hybridized carbons (Fsp3) is 0.610. The van der Waals surface area contributed by atoms with Crippen molar-refractivity contribution in [2.24, 2.45) is 11.3 Å². The molecule has 51 heavy (non-hydrogen) atoms. The average Bonchev–Trinajstić information content (AvgIpc) is 3.64. The Bertz CT molecular complexity index is 1650. The van der Waals surface area contributed by atoms with Crippen LogP contribution in [0.5, 0.6) is 5.75 Å². The quantitative estimate of drug-likeness (QED) is 0.182. The number of hydrogen-bond acceptors (Lipinski definition) is 8. The summed E-state index contributed by atoms with van der Waals surface area (Å²) >= 11 is 1.58. The second-order valence-electron chi connectivity index (χ2n) is 16.2. The number of carbonyl (C=O) groups excluding carboxylic acids is 2. The lowest BCUT2D eigenvalue weighted by molar-refractivity contribution is -0.124. The van der Waals surface area contributed by atoms with Gasteiger partial charge in [-0.25, -0.2) is 14.8 Å². The van der Waals surface area contributed by atoms with Gasteiger partial charge >= 0.3 is 6.09 Å². The minimum absolute atomic E-state index is 0.0531. The zero-order valence-electron chi connectivity index (χ0n) is 31.1. The summed E-state index contributed by atoms with van der Waals surface area (Å²) in [6, 6.07) is 10.8. The molecule has 2 bridgehead atoms. The van der Waals surface area contributed by atoms with Gasteiger partial charge in [-0.1, -0.05) is 38.3 Å². The number of thiazole rings is 1. The molecule has 9 nitrogen and oxygen atoms in total. The Kier molecular flexibility index (Phi) is 11.4. The summed E-state index contributed by atoms with van der Waals surface area (Å²) in [6.07, 6.45) is 15.8. The number of methoxy groups -OCH3 is 1. The summed E-state index contributed by atoms with van der Waals surface area (Å²) in [7, 11) is 1.74. The van der Waals surface area contributed by atoms with Crippen LogP contribution >= 0.6 is 11.3 Å². The monoisotopic (exact) mass is 716 g/mol. The van der Waals surface area contributed by atoms with Crippen molar-refractivity contribution in [1.82, 2.24) is 15.3 Å². The molecule has 2 amide bonds. The number of amides is 2. The number of ether oxygens (including phenoxy) is 2. The third-order valence-electron chi connectivity index (χ3n) is 11.8. The van der Waals surface area contributed by atoms with Gasteiger partial charge in [0.25, 0.3) is 0 Å². The number of anilines is 1. The summed E-state index contributed by atoms with van der Waals surface area (Å²) in [6.45, 7) is 8.81.